The summed E-state index contributed by atoms with van der Waals surface area (Å²) in [6, 6.07) is 8.84. The van der Waals surface area contributed by atoms with Crippen molar-refractivity contribution in [3.8, 4) is 5.69 Å². The first-order valence-corrected chi connectivity index (χ1v) is 9.85. The number of aromatic amines is 1. The molecule has 1 aromatic heterocycles. The number of nitrogens with zero attached hydrogens (tertiary/aromatic N) is 2. The summed E-state index contributed by atoms with van der Waals surface area (Å²) in [7, 11) is 0. The van der Waals surface area contributed by atoms with Gasteiger partial charge in [-0.3, -0.25) is 9.67 Å². The Balaban J connectivity index is 1.61. The Morgan fingerprint density at radius 1 is 1.08 bits per heavy atom. The van der Waals surface area contributed by atoms with E-state index in [0.717, 1.165) is 34.6 Å². The molecular formula is C20H25N3S. The van der Waals surface area contributed by atoms with Gasteiger partial charge in [-0.25, -0.2) is 0 Å². The minimum absolute atomic E-state index is 0.256. The van der Waals surface area contributed by atoms with Crippen LogP contribution in [0.1, 0.15) is 56.8 Å². The highest BCUT2D eigenvalue weighted by molar-refractivity contribution is 7.71. The third-order valence-corrected chi connectivity index (χ3v) is 7.06. The summed E-state index contributed by atoms with van der Waals surface area (Å²) in [6.45, 7) is 2.19. The van der Waals surface area contributed by atoms with Crippen molar-refractivity contribution in [2.75, 3.05) is 0 Å². The third-order valence-electron chi connectivity index (χ3n) is 6.79. The maximum absolute atomic E-state index is 5.62. The van der Waals surface area contributed by atoms with Crippen LogP contribution in [0.2, 0.25) is 0 Å². The molecule has 4 aliphatic carbocycles. The molecule has 126 valence electrons. The molecule has 0 spiro atoms. The summed E-state index contributed by atoms with van der Waals surface area (Å²) in [5, 5.41) is 7.88. The zero-order chi connectivity index (χ0) is 16.3. The Morgan fingerprint density at radius 2 is 1.67 bits per heavy atom. The predicted octanol–water partition coefficient (Wildman–Crippen LogP) is 4.96. The van der Waals surface area contributed by atoms with Crippen LogP contribution in [0, 0.1) is 22.5 Å². The number of aromatic nitrogens is 3. The number of H-pyrrole nitrogens is 1. The van der Waals surface area contributed by atoms with Crippen LogP contribution in [-0.2, 0) is 11.8 Å². The van der Waals surface area contributed by atoms with E-state index in [1.807, 2.05) is 0 Å². The average Bonchev–Trinajstić information content (AvgIpc) is 2.96. The smallest absolute Gasteiger partial charge is 0.199 e. The van der Waals surface area contributed by atoms with Crippen molar-refractivity contribution in [2.45, 2.75) is 57.3 Å². The van der Waals surface area contributed by atoms with Gasteiger partial charge in [-0.05, 0) is 92.6 Å². The monoisotopic (exact) mass is 339 g/mol. The van der Waals surface area contributed by atoms with Gasteiger partial charge in [0, 0.05) is 11.1 Å². The second-order valence-corrected chi connectivity index (χ2v) is 8.79. The van der Waals surface area contributed by atoms with E-state index < -0.39 is 0 Å². The van der Waals surface area contributed by atoms with Gasteiger partial charge in [0.15, 0.2) is 4.77 Å². The summed E-state index contributed by atoms with van der Waals surface area (Å²) in [6.07, 6.45) is 9.36. The summed E-state index contributed by atoms with van der Waals surface area (Å²) < 4.78 is 2.96. The first-order chi connectivity index (χ1) is 11.7. The fourth-order valence-electron chi connectivity index (χ4n) is 6.16. The van der Waals surface area contributed by atoms with E-state index in [1.165, 1.54) is 49.9 Å². The van der Waals surface area contributed by atoms with Crippen LogP contribution < -0.4 is 0 Å². The van der Waals surface area contributed by atoms with Crippen molar-refractivity contribution in [1.82, 2.24) is 14.8 Å². The standard InChI is InChI=1S/C20H25N3S/c1-2-13-3-5-17(6-4-13)23-18(21-22-19(23)24)20-10-14-7-15(11-20)9-16(8-14)12-20/h3-6,14-16H,2,7-12H2,1H3,(H,22,24). The van der Waals surface area contributed by atoms with Crippen molar-refractivity contribution in [3.63, 3.8) is 0 Å². The number of aryl methyl sites for hydroxylation is 1. The predicted molar refractivity (Wildman–Crippen MR) is 98.0 cm³/mol. The lowest BCUT2D eigenvalue weighted by Crippen LogP contribution is -2.49. The molecule has 2 aromatic rings. The van der Waals surface area contributed by atoms with Crippen molar-refractivity contribution < 1.29 is 0 Å². The first-order valence-electron chi connectivity index (χ1n) is 9.44. The molecule has 0 atom stereocenters. The molecule has 4 saturated carbocycles. The lowest BCUT2D eigenvalue weighted by molar-refractivity contribution is -0.0102. The van der Waals surface area contributed by atoms with Gasteiger partial charge in [0.05, 0.1) is 0 Å². The topological polar surface area (TPSA) is 33.6 Å². The van der Waals surface area contributed by atoms with Gasteiger partial charge in [-0.15, -0.1) is 0 Å². The molecule has 1 N–H and O–H groups in total. The molecule has 0 unspecified atom stereocenters. The van der Waals surface area contributed by atoms with E-state index in [0.29, 0.717) is 0 Å². The summed E-state index contributed by atoms with van der Waals surface area (Å²) >= 11 is 5.62. The summed E-state index contributed by atoms with van der Waals surface area (Å²) in [5.41, 5.74) is 2.79. The molecule has 0 aliphatic heterocycles. The van der Waals surface area contributed by atoms with Gasteiger partial charge in [-0.1, -0.05) is 19.1 Å². The Bertz CT molecular complexity index is 779. The Hall–Kier alpha value is -1.42. The fourth-order valence-corrected chi connectivity index (χ4v) is 6.40. The zero-order valence-corrected chi connectivity index (χ0v) is 15.1. The Labute approximate surface area is 148 Å². The van der Waals surface area contributed by atoms with Crippen LogP contribution >= 0.6 is 12.2 Å². The van der Waals surface area contributed by atoms with Crippen molar-refractivity contribution >= 4 is 12.2 Å². The number of nitrogens with one attached hydrogen (secondary N) is 1. The maximum Gasteiger partial charge on any atom is 0.199 e. The zero-order valence-electron chi connectivity index (χ0n) is 14.3. The SMILES string of the molecule is CCc1ccc(-n2c(C34CC5CC(CC(C5)C3)C4)n[nH]c2=S)cc1. The number of hydrogen-bond acceptors (Lipinski definition) is 2. The minimum Gasteiger partial charge on any atom is -0.272 e. The van der Waals surface area contributed by atoms with E-state index in [2.05, 4.69) is 40.9 Å². The molecule has 4 bridgehead atoms. The van der Waals surface area contributed by atoms with E-state index in [4.69, 9.17) is 17.3 Å². The van der Waals surface area contributed by atoms with Crippen LogP contribution in [-0.4, -0.2) is 14.8 Å². The van der Waals surface area contributed by atoms with E-state index in [9.17, 15) is 0 Å². The Morgan fingerprint density at radius 3 is 2.21 bits per heavy atom. The molecule has 0 radical (unpaired) electrons. The second-order valence-electron chi connectivity index (χ2n) is 8.41. The molecule has 4 heteroatoms. The Kier molecular flexibility index (Phi) is 3.28. The molecule has 24 heavy (non-hydrogen) atoms. The number of rotatable bonds is 3. The number of hydrogen-bond donors (Lipinski definition) is 1. The maximum atomic E-state index is 5.62. The van der Waals surface area contributed by atoms with Crippen LogP contribution in [0.25, 0.3) is 5.69 Å². The average molecular weight is 340 g/mol. The highest BCUT2D eigenvalue weighted by Crippen LogP contribution is 2.60. The van der Waals surface area contributed by atoms with E-state index in [-0.39, 0.29) is 5.41 Å². The van der Waals surface area contributed by atoms with Crippen molar-refractivity contribution in [1.29, 1.82) is 0 Å². The molecule has 6 rings (SSSR count). The van der Waals surface area contributed by atoms with Gasteiger partial charge in [0.1, 0.15) is 5.82 Å². The highest BCUT2D eigenvalue weighted by atomic mass is 32.1. The first kappa shape index (κ1) is 14.9. The molecule has 1 heterocycles. The van der Waals surface area contributed by atoms with Gasteiger partial charge in [0.2, 0.25) is 0 Å². The van der Waals surface area contributed by atoms with Gasteiger partial charge in [-0.2, -0.15) is 5.10 Å². The van der Waals surface area contributed by atoms with E-state index in [1.54, 1.807) is 0 Å². The molecule has 4 aliphatic rings. The van der Waals surface area contributed by atoms with Crippen LogP contribution in [0.4, 0.5) is 0 Å². The van der Waals surface area contributed by atoms with E-state index >= 15 is 0 Å². The second kappa shape index (κ2) is 5.29. The molecule has 4 fully saturated rings. The van der Waals surface area contributed by atoms with Crippen molar-refractivity contribution in [2.24, 2.45) is 17.8 Å². The van der Waals surface area contributed by atoms with Gasteiger partial charge in [0.25, 0.3) is 0 Å². The van der Waals surface area contributed by atoms with Gasteiger partial charge >= 0.3 is 0 Å². The number of benzene rings is 1. The van der Waals surface area contributed by atoms with Crippen LogP contribution in [0.3, 0.4) is 0 Å². The minimum atomic E-state index is 0.256. The molecule has 0 amide bonds. The molecular weight excluding hydrogens is 314 g/mol. The van der Waals surface area contributed by atoms with Crippen LogP contribution in [0.5, 0.6) is 0 Å². The van der Waals surface area contributed by atoms with Gasteiger partial charge < -0.3 is 0 Å². The molecule has 3 nitrogen and oxygen atoms in total. The highest BCUT2D eigenvalue weighted by Gasteiger charge is 2.53. The summed E-state index contributed by atoms with van der Waals surface area (Å²) in [5.74, 6) is 3.95. The quantitative estimate of drug-likeness (QED) is 0.802. The molecule has 1 aromatic carbocycles. The normalized spacial score (nSPS) is 34.0. The van der Waals surface area contributed by atoms with Crippen molar-refractivity contribution in [3.05, 3.63) is 40.4 Å². The lowest BCUT2D eigenvalue weighted by atomic mass is 9.49. The third kappa shape index (κ3) is 2.15. The van der Waals surface area contributed by atoms with Crippen LogP contribution in [0.15, 0.2) is 24.3 Å². The fraction of sp³-hybridized carbons (Fsp3) is 0.600. The largest absolute Gasteiger partial charge is 0.272 e. The molecule has 0 saturated heterocycles. The summed E-state index contributed by atoms with van der Waals surface area (Å²) in [4.78, 5) is 0. The lowest BCUT2D eigenvalue weighted by Gasteiger charge is -2.56.